The number of ether oxygens (including phenoxy) is 1. The highest BCUT2D eigenvalue weighted by Gasteiger charge is 2.28. The first-order valence-electron chi connectivity index (χ1n) is 7.60. The number of carbonyl (C=O) groups is 1. The number of nitrogens with one attached hydrogen (secondary N) is 1. The Bertz CT molecular complexity index is 260. The van der Waals surface area contributed by atoms with Crippen LogP contribution in [0.15, 0.2) is 0 Å². The molecule has 4 heteroatoms. The molecule has 1 fully saturated rings. The van der Waals surface area contributed by atoms with Crippen LogP contribution in [-0.4, -0.2) is 36.4 Å². The lowest BCUT2D eigenvalue weighted by Crippen LogP contribution is -2.43. The van der Waals surface area contributed by atoms with Crippen molar-refractivity contribution in [1.82, 2.24) is 5.32 Å². The first-order valence-corrected chi connectivity index (χ1v) is 7.60. The Morgan fingerprint density at radius 3 is 2.42 bits per heavy atom. The smallest absolute Gasteiger partial charge is 0.308 e. The molecule has 0 aromatic carbocycles. The molecule has 1 rings (SSSR count). The summed E-state index contributed by atoms with van der Waals surface area (Å²) in [5.41, 5.74) is 0. The Morgan fingerprint density at radius 2 is 1.95 bits per heavy atom. The van der Waals surface area contributed by atoms with Gasteiger partial charge >= 0.3 is 5.97 Å². The van der Waals surface area contributed by atoms with Gasteiger partial charge in [-0.2, -0.15) is 0 Å². The van der Waals surface area contributed by atoms with Crippen LogP contribution in [0.5, 0.6) is 0 Å². The Balaban J connectivity index is 2.31. The van der Waals surface area contributed by atoms with E-state index in [1.54, 1.807) is 0 Å². The average molecular weight is 271 g/mol. The standard InChI is InChI=1S/C15H29NO3/c1-4-19-15(18)12-5-7-13(8-6-12)16-14(10-17)9-11(2)3/h11-14,16-17H,4-10H2,1-3H3. The van der Waals surface area contributed by atoms with E-state index < -0.39 is 0 Å². The van der Waals surface area contributed by atoms with Crippen LogP contribution in [-0.2, 0) is 9.53 Å². The molecule has 1 aliphatic rings. The maximum absolute atomic E-state index is 11.6. The van der Waals surface area contributed by atoms with Crippen molar-refractivity contribution >= 4 is 5.97 Å². The van der Waals surface area contributed by atoms with Gasteiger partial charge in [-0.25, -0.2) is 0 Å². The van der Waals surface area contributed by atoms with E-state index in [4.69, 9.17) is 4.74 Å². The Hall–Kier alpha value is -0.610. The van der Waals surface area contributed by atoms with E-state index in [-0.39, 0.29) is 24.5 Å². The second-order valence-electron chi connectivity index (χ2n) is 5.98. The summed E-state index contributed by atoms with van der Waals surface area (Å²) in [4.78, 5) is 11.6. The zero-order valence-electron chi connectivity index (χ0n) is 12.5. The zero-order chi connectivity index (χ0) is 14.3. The van der Waals surface area contributed by atoms with Gasteiger partial charge in [0.25, 0.3) is 0 Å². The van der Waals surface area contributed by atoms with Gasteiger partial charge in [0.15, 0.2) is 0 Å². The molecular weight excluding hydrogens is 242 g/mol. The summed E-state index contributed by atoms with van der Waals surface area (Å²) in [5.74, 6) is 0.623. The number of hydrogen-bond acceptors (Lipinski definition) is 4. The van der Waals surface area contributed by atoms with Crippen LogP contribution in [0.2, 0.25) is 0 Å². The third kappa shape index (κ3) is 5.91. The summed E-state index contributed by atoms with van der Waals surface area (Å²) < 4.78 is 5.07. The number of esters is 1. The lowest BCUT2D eigenvalue weighted by Gasteiger charge is -2.31. The topological polar surface area (TPSA) is 58.6 Å². The Morgan fingerprint density at radius 1 is 1.32 bits per heavy atom. The first kappa shape index (κ1) is 16.4. The van der Waals surface area contributed by atoms with Crippen LogP contribution >= 0.6 is 0 Å². The van der Waals surface area contributed by atoms with Crippen molar-refractivity contribution in [2.75, 3.05) is 13.2 Å². The van der Waals surface area contributed by atoms with Crippen molar-refractivity contribution in [2.24, 2.45) is 11.8 Å². The molecule has 112 valence electrons. The van der Waals surface area contributed by atoms with Crippen molar-refractivity contribution in [3.05, 3.63) is 0 Å². The lowest BCUT2D eigenvalue weighted by atomic mass is 9.85. The summed E-state index contributed by atoms with van der Waals surface area (Å²) in [6, 6.07) is 0.616. The summed E-state index contributed by atoms with van der Waals surface area (Å²) in [6.45, 7) is 6.85. The van der Waals surface area contributed by atoms with Crippen molar-refractivity contribution in [3.8, 4) is 0 Å². The molecule has 1 aliphatic carbocycles. The van der Waals surface area contributed by atoms with Crippen LogP contribution in [0.25, 0.3) is 0 Å². The van der Waals surface area contributed by atoms with Gasteiger partial charge in [-0.1, -0.05) is 13.8 Å². The maximum atomic E-state index is 11.6. The van der Waals surface area contributed by atoms with Crippen molar-refractivity contribution in [2.45, 2.75) is 65.0 Å². The number of rotatable bonds is 7. The van der Waals surface area contributed by atoms with Gasteiger partial charge in [-0.05, 0) is 44.9 Å². The molecular formula is C15H29NO3. The predicted molar refractivity (Wildman–Crippen MR) is 75.8 cm³/mol. The monoisotopic (exact) mass is 271 g/mol. The van der Waals surface area contributed by atoms with Gasteiger partial charge in [0.2, 0.25) is 0 Å². The molecule has 1 saturated carbocycles. The van der Waals surface area contributed by atoms with Crippen LogP contribution in [0.1, 0.15) is 52.9 Å². The molecule has 4 nitrogen and oxygen atoms in total. The quantitative estimate of drug-likeness (QED) is 0.696. The molecule has 2 N–H and O–H groups in total. The number of hydrogen-bond donors (Lipinski definition) is 2. The van der Waals surface area contributed by atoms with Crippen LogP contribution in [0.4, 0.5) is 0 Å². The van der Waals surface area contributed by atoms with Gasteiger partial charge < -0.3 is 15.2 Å². The summed E-state index contributed by atoms with van der Waals surface area (Å²) in [6.07, 6.45) is 4.79. The minimum Gasteiger partial charge on any atom is -0.466 e. The molecule has 0 heterocycles. The van der Waals surface area contributed by atoms with Crippen molar-refractivity contribution in [3.63, 3.8) is 0 Å². The fraction of sp³-hybridized carbons (Fsp3) is 0.933. The highest BCUT2D eigenvalue weighted by atomic mass is 16.5. The van der Waals surface area contributed by atoms with Gasteiger partial charge in [0.1, 0.15) is 0 Å². The first-order chi connectivity index (χ1) is 9.06. The second-order valence-corrected chi connectivity index (χ2v) is 5.98. The third-order valence-electron chi connectivity index (χ3n) is 3.79. The molecule has 0 bridgehead atoms. The molecule has 0 spiro atoms. The SMILES string of the molecule is CCOC(=O)C1CCC(NC(CO)CC(C)C)CC1. The van der Waals surface area contributed by atoms with E-state index in [0.29, 0.717) is 18.6 Å². The van der Waals surface area contributed by atoms with E-state index >= 15 is 0 Å². The van der Waals surface area contributed by atoms with E-state index in [1.165, 1.54) is 0 Å². The molecule has 0 saturated heterocycles. The molecule has 0 amide bonds. The second kappa shape index (κ2) is 8.54. The zero-order valence-corrected chi connectivity index (χ0v) is 12.5. The highest BCUT2D eigenvalue weighted by Crippen LogP contribution is 2.26. The Labute approximate surface area is 116 Å². The van der Waals surface area contributed by atoms with Gasteiger partial charge in [0, 0.05) is 12.1 Å². The molecule has 19 heavy (non-hydrogen) atoms. The van der Waals surface area contributed by atoms with Crippen LogP contribution in [0, 0.1) is 11.8 Å². The fourth-order valence-electron chi connectivity index (χ4n) is 2.85. The van der Waals surface area contributed by atoms with Crippen LogP contribution in [0.3, 0.4) is 0 Å². The van der Waals surface area contributed by atoms with Crippen LogP contribution < -0.4 is 5.32 Å². The van der Waals surface area contributed by atoms with E-state index in [2.05, 4.69) is 19.2 Å². The minimum atomic E-state index is -0.0400. The van der Waals surface area contributed by atoms with E-state index in [1.807, 2.05) is 6.92 Å². The number of carbonyl (C=O) groups excluding carboxylic acids is 1. The molecule has 0 aromatic heterocycles. The third-order valence-corrected chi connectivity index (χ3v) is 3.79. The van der Waals surface area contributed by atoms with Gasteiger partial charge in [0.05, 0.1) is 19.1 Å². The maximum Gasteiger partial charge on any atom is 0.308 e. The fourth-order valence-corrected chi connectivity index (χ4v) is 2.85. The van der Waals surface area contributed by atoms with Crippen molar-refractivity contribution in [1.29, 1.82) is 0 Å². The summed E-state index contributed by atoms with van der Waals surface area (Å²) in [5, 5.41) is 12.9. The summed E-state index contributed by atoms with van der Waals surface area (Å²) in [7, 11) is 0. The number of aliphatic hydroxyl groups is 1. The normalized spacial score (nSPS) is 25.3. The molecule has 0 aromatic rings. The lowest BCUT2D eigenvalue weighted by molar-refractivity contribution is -0.149. The molecule has 1 atom stereocenters. The van der Waals surface area contributed by atoms with Gasteiger partial charge in [-0.3, -0.25) is 4.79 Å². The molecule has 1 unspecified atom stereocenters. The average Bonchev–Trinajstić information content (AvgIpc) is 2.38. The molecule has 0 radical (unpaired) electrons. The Kier molecular flexibility index (Phi) is 7.39. The molecule has 0 aliphatic heterocycles. The minimum absolute atomic E-state index is 0.0400. The summed E-state index contributed by atoms with van der Waals surface area (Å²) >= 11 is 0. The van der Waals surface area contributed by atoms with E-state index in [0.717, 1.165) is 32.1 Å². The number of aliphatic hydroxyl groups excluding tert-OH is 1. The largest absolute Gasteiger partial charge is 0.466 e. The van der Waals surface area contributed by atoms with Crippen molar-refractivity contribution < 1.29 is 14.6 Å². The van der Waals surface area contributed by atoms with E-state index in [9.17, 15) is 9.90 Å². The highest BCUT2D eigenvalue weighted by molar-refractivity contribution is 5.72. The van der Waals surface area contributed by atoms with Gasteiger partial charge in [-0.15, -0.1) is 0 Å². The predicted octanol–water partition coefficient (Wildman–Crippen LogP) is 2.10.